The van der Waals surface area contributed by atoms with Crippen molar-refractivity contribution in [3.8, 4) is 5.75 Å². The summed E-state index contributed by atoms with van der Waals surface area (Å²) in [5, 5.41) is 5.40. The van der Waals surface area contributed by atoms with Gasteiger partial charge in [0.1, 0.15) is 11.8 Å². The predicted octanol–water partition coefficient (Wildman–Crippen LogP) is 2.29. The number of nitrogens with one attached hydrogen (secondary N) is 2. The quantitative estimate of drug-likeness (QED) is 0.595. The third-order valence-electron chi connectivity index (χ3n) is 3.76. The second kappa shape index (κ2) is 11.7. The van der Waals surface area contributed by atoms with E-state index in [-0.39, 0.29) is 18.4 Å². The lowest BCUT2D eigenvalue weighted by Gasteiger charge is -2.14. The molecule has 2 aromatic rings. The highest BCUT2D eigenvalue weighted by Gasteiger charge is 2.15. The molecule has 6 nitrogen and oxygen atoms in total. The molecule has 0 heterocycles. The molecule has 0 saturated carbocycles. The molecule has 2 amide bonds. The van der Waals surface area contributed by atoms with Crippen LogP contribution in [0.25, 0.3) is 0 Å². The van der Waals surface area contributed by atoms with Crippen LogP contribution in [-0.4, -0.2) is 37.6 Å². The molecular weight excluding hydrogens is 344 g/mol. The van der Waals surface area contributed by atoms with E-state index < -0.39 is 6.04 Å². The molecule has 2 N–H and O–H groups in total. The molecule has 1 unspecified atom stereocenters. The van der Waals surface area contributed by atoms with Gasteiger partial charge in [-0.2, -0.15) is 0 Å². The molecule has 6 heteroatoms. The average molecular weight is 370 g/mol. The van der Waals surface area contributed by atoms with Crippen LogP contribution in [0.15, 0.2) is 60.7 Å². The fourth-order valence-electron chi connectivity index (χ4n) is 2.32. The van der Waals surface area contributed by atoms with E-state index in [2.05, 4.69) is 10.6 Å². The van der Waals surface area contributed by atoms with Gasteiger partial charge in [-0.25, -0.2) is 0 Å². The lowest BCUT2D eigenvalue weighted by atomic mass is 10.2. The summed E-state index contributed by atoms with van der Waals surface area (Å²) in [6.07, 6.45) is 0.705. The third kappa shape index (κ3) is 8.37. The molecule has 0 saturated heterocycles. The van der Waals surface area contributed by atoms with Gasteiger partial charge in [-0.05, 0) is 31.0 Å². The van der Waals surface area contributed by atoms with Crippen molar-refractivity contribution in [3.05, 3.63) is 66.2 Å². The van der Waals surface area contributed by atoms with Gasteiger partial charge in [-0.15, -0.1) is 0 Å². The molecular formula is C21H26N2O4. The first-order valence-electron chi connectivity index (χ1n) is 9.02. The number of para-hydroxylation sites is 1. The molecule has 0 fully saturated rings. The molecule has 0 aliphatic rings. The van der Waals surface area contributed by atoms with Crippen LogP contribution in [0.4, 0.5) is 0 Å². The normalized spacial score (nSPS) is 11.4. The Kier molecular flexibility index (Phi) is 8.86. The van der Waals surface area contributed by atoms with Crippen LogP contribution in [0.5, 0.6) is 5.75 Å². The fourth-order valence-corrected chi connectivity index (χ4v) is 2.32. The number of carbonyl (C=O) groups is 2. The Hall–Kier alpha value is -2.86. The van der Waals surface area contributed by atoms with E-state index in [1.165, 1.54) is 0 Å². The highest BCUT2D eigenvalue weighted by Crippen LogP contribution is 2.07. The van der Waals surface area contributed by atoms with E-state index in [0.717, 1.165) is 5.56 Å². The molecule has 27 heavy (non-hydrogen) atoms. The molecule has 0 aromatic heterocycles. The van der Waals surface area contributed by atoms with Crippen molar-refractivity contribution in [1.29, 1.82) is 0 Å². The van der Waals surface area contributed by atoms with Gasteiger partial charge >= 0.3 is 0 Å². The maximum Gasteiger partial charge on any atom is 0.258 e. The van der Waals surface area contributed by atoms with E-state index in [1.807, 2.05) is 48.5 Å². The second-order valence-corrected chi connectivity index (χ2v) is 6.07. The minimum Gasteiger partial charge on any atom is -0.484 e. The monoisotopic (exact) mass is 370 g/mol. The summed E-state index contributed by atoms with van der Waals surface area (Å²) in [4.78, 5) is 23.8. The summed E-state index contributed by atoms with van der Waals surface area (Å²) >= 11 is 0. The summed E-state index contributed by atoms with van der Waals surface area (Å²) in [7, 11) is 0. The zero-order valence-corrected chi connectivity index (χ0v) is 15.5. The van der Waals surface area contributed by atoms with Crippen molar-refractivity contribution in [2.45, 2.75) is 26.0 Å². The van der Waals surface area contributed by atoms with Crippen LogP contribution in [-0.2, 0) is 20.9 Å². The van der Waals surface area contributed by atoms with Crippen molar-refractivity contribution in [3.63, 3.8) is 0 Å². The van der Waals surface area contributed by atoms with Crippen LogP contribution in [0.1, 0.15) is 18.9 Å². The van der Waals surface area contributed by atoms with E-state index >= 15 is 0 Å². The van der Waals surface area contributed by atoms with Crippen molar-refractivity contribution < 1.29 is 19.1 Å². The lowest BCUT2D eigenvalue weighted by molar-refractivity contribution is -0.129. The fraction of sp³-hybridized carbons (Fsp3) is 0.333. The Bertz CT molecular complexity index is 692. The van der Waals surface area contributed by atoms with Gasteiger partial charge in [0.05, 0.1) is 6.61 Å². The van der Waals surface area contributed by atoms with E-state index in [1.54, 1.807) is 19.1 Å². The minimum atomic E-state index is -0.623. The molecule has 0 bridgehead atoms. The van der Waals surface area contributed by atoms with Crippen LogP contribution in [0, 0.1) is 0 Å². The maximum atomic E-state index is 12.0. The van der Waals surface area contributed by atoms with Crippen LogP contribution in [0.2, 0.25) is 0 Å². The van der Waals surface area contributed by atoms with Gasteiger partial charge in [0.15, 0.2) is 6.61 Å². The van der Waals surface area contributed by atoms with Gasteiger partial charge in [-0.1, -0.05) is 48.5 Å². The SMILES string of the molecule is CC(NC(=O)COc1ccccc1)C(=O)NCCCOCc1ccccc1. The van der Waals surface area contributed by atoms with E-state index in [9.17, 15) is 9.59 Å². The van der Waals surface area contributed by atoms with E-state index in [4.69, 9.17) is 9.47 Å². The Morgan fingerprint density at radius 3 is 2.37 bits per heavy atom. The largest absolute Gasteiger partial charge is 0.484 e. The number of rotatable bonds is 11. The Balaban J connectivity index is 1.53. The summed E-state index contributed by atoms with van der Waals surface area (Å²) in [6, 6.07) is 18.4. The van der Waals surface area contributed by atoms with Crippen LogP contribution < -0.4 is 15.4 Å². The molecule has 0 aliphatic heterocycles. The topological polar surface area (TPSA) is 76.7 Å². The Morgan fingerprint density at radius 2 is 1.67 bits per heavy atom. The first-order chi connectivity index (χ1) is 13.1. The minimum absolute atomic E-state index is 0.130. The molecule has 0 radical (unpaired) electrons. The summed E-state index contributed by atoms with van der Waals surface area (Å²) in [5.41, 5.74) is 1.12. The maximum absolute atomic E-state index is 12.0. The summed E-state index contributed by atoms with van der Waals surface area (Å²) in [5.74, 6) is 0.0408. The number of amides is 2. The smallest absolute Gasteiger partial charge is 0.258 e. The van der Waals surface area contributed by atoms with Gasteiger partial charge in [0.25, 0.3) is 5.91 Å². The predicted molar refractivity (Wildman–Crippen MR) is 103 cm³/mol. The number of hydrogen-bond donors (Lipinski definition) is 2. The van der Waals surface area contributed by atoms with Crippen LogP contribution >= 0.6 is 0 Å². The zero-order valence-electron chi connectivity index (χ0n) is 15.5. The lowest BCUT2D eigenvalue weighted by Crippen LogP contribution is -2.46. The highest BCUT2D eigenvalue weighted by molar-refractivity contribution is 5.87. The Morgan fingerprint density at radius 1 is 1.00 bits per heavy atom. The van der Waals surface area contributed by atoms with Gasteiger partial charge in [0, 0.05) is 13.2 Å². The van der Waals surface area contributed by atoms with Crippen LogP contribution in [0.3, 0.4) is 0 Å². The number of benzene rings is 2. The first-order valence-corrected chi connectivity index (χ1v) is 9.02. The molecule has 0 aliphatic carbocycles. The molecule has 2 rings (SSSR count). The molecule has 144 valence electrons. The highest BCUT2D eigenvalue weighted by atomic mass is 16.5. The van der Waals surface area contributed by atoms with Crippen molar-refractivity contribution in [1.82, 2.24) is 10.6 Å². The average Bonchev–Trinajstić information content (AvgIpc) is 2.70. The third-order valence-corrected chi connectivity index (χ3v) is 3.76. The van der Waals surface area contributed by atoms with Crippen molar-refractivity contribution in [2.75, 3.05) is 19.8 Å². The van der Waals surface area contributed by atoms with Gasteiger partial charge < -0.3 is 20.1 Å². The van der Waals surface area contributed by atoms with Crippen molar-refractivity contribution >= 4 is 11.8 Å². The van der Waals surface area contributed by atoms with E-state index in [0.29, 0.717) is 31.9 Å². The zero-order chi connectivity index (χ0) is 19.3. The number of carbonyl (C=O) groups excluding carboxylic acids is 2. The number of hydrogen-bond acceptors (Lipinski definition) is 4. The molecule has 0 spiro atoms. The molecule has 2 aromatic carbocycles. The summed E-state index contributed by atoms with van der Waals surface area (Å²) in [6.45, 7) is 3.12. The van der Waals surface area contributed by atoms with Gasteiger partial charge in [-0.3, -0.25) is 9.59 Å². The molecule has 1 atom stereocenters. The number of ether oxygens (including phenoxy) is 2. The van der Waals surface area contributed by atoms with Gasteiger partial charge in [0.2, 0.25) is 5.91 Å². The standard InChI is InChI=1S/C21H26N2O4/c1-17(23-20(24)16-27-19-11-6-3-7-12-19)21(25)22-13-8-14-26-15-18-9-4-2-5-10-18/h2-7,9-12,17H,8,13-16H2,1H3,(H,22,25)(H,23,24). The Labute approximate surface area is 159 Å². The van der Waals surface area contributed by atoms with Crippen molar-refractivity contribution in [2.24, 2.45) is 0 Å². The summed E-state index contributed by atoms with van der Waals surface area (Å²) < 4.78 is 10.9. The first kappa shape index (κ1) is 20.5. The second-order valence-electron chi connectivity index (χ2n) is 6.07.